The number of hydrogen-bond acceptors (Lipinski definition) is 5. The number of rotatable bonds is 6. The summed E-state index contributed by atoms with van der Waals surface area (Å²) in [4.78, 5) is 36.4. The third kappa shape index (κ3) is 3.50. The van der Waals surface area contributed by atoms with Crippen LogP contribution in [0, 0.1) is 29.4 Å². The second-order valence-corrected chi connectivity index (χ2v) is 7.52. The highest BCUT2D eigenvalue weighted by Crippen LogP contribution is 2.53. The van der Waals surface area contributed by atoms with E-state index >= 15 is 0 Å². The number of cyclic esters (lactones) is 1. The number of halogens is 4. The second-order valence-electron chi connectivity index (χ2n) is 7.52. The van der Waals surface area contributed by atoms with Crippen molar-refractivity contribution >= 4 is 29.3 Å². The molecule has 162 valence electrons. The Morgan fingerprint density at radius 1 is 1.17 bits per heavy atom. The molecule has 1 unspecified atom stereocenters. The average molecular weight is 431 g/mol. The molecule has 2 N–H and O–H groups in total. The Morgan fingerprint density at radius 3 is 2.30 bits per heavy atom. The monoisotopic (exact) mass is 431 g/mol. The van der Waals surface area contributed by atoms with Crippen LogP contribution in [0.3, 0.4) is 0 Å². The number of carboxylic acid groups (broad SMARTS) is 1. The van der Waals surface area contributed by atoms with E-state index in [2.05, 4.69) is 0 Å². The van der Waals surface area contributed by atoms with Crippen molar-refractivity contribution in [2.75, 3.05) is 36.0 Å². The number of ether oxygens (including phenoxy) is 1. The van der Waals surface area contributed by atoms with Crippen molar-refractivity contribution in [3.63, 3.8) is 0 Å². The van der Waals surface area contributed by atoms with Crippen molar-refractivity contribution in [2.24, 2.45) is 17.8 Å². The quantitative estimate of drug-likeness (QED) is 0.662. The number of aliphatic carboxylic acids is 1. The van der Waals surface area contributed by atoms with Crippen LogP contribution in [0.25, 0.3) is 0 Å². The van der Waals surface area contributed by atoms with Gasteiger partial charge in [-0.05, 0) is 11.8 Å². The zero-order valence-electron chi connectivity index (χ0n) is 15.4. The summed E-state index contributed by atoms with van der Waals surface area (Å²) in [5, 5.41) is 11.0. The van der Waals surface area contributed by atoms with Crippen molar-refractivity contribution in [1.29, 1.82) is 0 Å². The lowest BCUT2D eigenvalue weighted by molar-refractivity contribution is -0.139. The number of alkyl halides is 2. The molecule has 4 atom stereocenters. The molecule has 8 nitrogen and oxygen atoms in total. The minimum Gasteiger partial charge on any atom is -0.481 e. The number of anilines is 2. The molecule has 0 radical (unpaired) electrons. The van der Waals surface area contributed by atoms with E-state index in [9.17, 15) is 31.9 Å². The van der Waals surface area contributed by atoms with Gasteiger partial charge < -0.3 is 20.1 Å². The Kier molecular flexibility index (Phi) is 4.94. The fourth-order valence-electron chi connectivity index (χ4n) is 4.22. The highest BCUT2D eigenvalue weighted by molar-refractivity contribution is 5.90. The number of nitrogens with zero attached hydrogens (tertiary/aromatic N) is 2. The number of fused-ring (bicyclic) bond motifs is 1. The van der Waals surface area contributed by atoms with E-state index in [1.165, 1.54) is 4.90 Å². The first-order valence-corrected chi connectivity index (χ1v) is 9.18. The zero-order chi connectivity index (χ0) is 21.7. The molecule has 2 heterocycles. The van der Waals surface area contributed by atoms with Crippen LogP contribution < -0.4 is 15.1 Å². The van der Waals surface area contributed by atoms with E-state index in [-0.39, 0.29) is 49.4 Å². The number of carbonyl (C=O) groups excluding carboxylic acids is 2. The number of nitrogens with one attached hydrogen (secondary N) is 1. The number of carbonyl (C=O) groups is 3. The molecule has 2 saturated heterocycles. The standard InChI is InChI=1S/C18H17F4N3O5/c19-11-1-7(25-4-8(30-18(25)29)3-23-16(26)15(21)22)2-12(20)14(11)24-5-9-10(6-24)13(9)17(27)28/h1-2,8-10,13,15H,3-6H2,(H,23,26)(H,27,28)/t8-,9-,10+,13?/m0/s1. The van der Waals surface area contributed by atoms with Crippen molar-refractivity contribution < 1.29 is 41.8 Å². The van der Waals surface area contributed by atoms with E-state index in [1.54, 1.807) is 0 Å². The molecule has 2 aliphatic heterocycles. The Hall–Kier alpha value is -3.05. The molecule has 3 aliphatic rings. The highest BCUT2D eigenvalue weighted by Gasteiger charge is 2.60. The molecular formula is C18H17F4N3O5. The van der Waals surface area contributed by atoms with Gasteiger partial charge in [0.25, 0.3) is 5.91 Å². The van der Waals surface area contributed by atoms with Gasteiger partial charge in [-0.25, -0.2) is 13.6 Å². The number of hydrogen-bond donors (Lipinski definition) is 2. The zero-order valence-corrected chi connectivity index (χ0v) is 15.4. The van der Waals surface area contributed by atoms with E-state index in [0.717, 1.165) is 17.0 Å². The Bertz CT molecular complexity index is 879. The van der Waals surface area contributed by atoms with Gasteiger partial charge in [0.05, 0.1) is 24.7 Å². The highest BCUT2D eigenvalue weighted by atomic mass is 19.3. The molecule has 1 aromatic carbocycles. The predicted octanol–water partition coefficient (Wildman–Crippen LogP) is 1.44. The first-order valence-electron chi connectivity index (χ1n) is 9.18. The van der Waals surface area contributed by atoms with Crippen LogP contribution in [0.4, 0.5) is 33.7 Å². The largest absolute Gasteiger partial charge is 0.481 e. The third-order valence-electron chi connectivity index (χ3n) is 5.68. The molecule has 1 aromatic rings. The molecule has 1 saturated carbocycles. The summed E-state index contributed by atoms with van der Waals surface area (Å²) in [5.74, 6) is -5.01. The molecular weight excluding hydrogens is 414 g/mol. The summed E-state index contributed by atoms with van der Waals surface area (Å²) >= 11 is 0. The van der Waals surface area contributed by atoms with E-state index in [4.69, 9.17) is 9.84 Å². The molecule has 2 amide bonds. The number of amides is 2. The number of benzene rings is 1. The Morgan fingerprint density at radius 2 is 1.77 bits per heavy atom. The predicted molar refractivity (Wildman–Crippen MR) is 93.3 cm³/mol. The normalized spacial score (nSPS) is 27.3. The van der Waals surface area contributed by atoms with Gasteiger partial charge in [-0.15, -0.1) is 0 Å². The first kappa shape index (κ1) is 20.2. The fraction of sp³-hybridized carbons (Fsp3) is 0.500. The molecule has 12 heteroatoms. The topological polar surface area (TPSA) is 99.2 Å². The van der Waals surface area contributed by atoms with Crippen LogP contribution in [0.2, 0.25) is 0 Å². The van der Waals surface area contributed by atoms with Crippen LogP contribution in [0.5, 0.6) is 0 Å². The summed E-state index contributed by atoms with van der Waals surface area (Å²) in [6.45, 7) is -0.0938. The molecule has 30 heavy (non-hydrogen) atoms. The lowest BCUT2D eigenvalue weighted by Crippen LogP contribution is -2.37. The average Bonchev–Trinajstić information content (AvgIpc) is 2.98. The number of carboxylic acids is 1. The SMILES string of the molecule is O=C(NC[C@H]1CN(c2cc(F)c(N3C[C@@H]4C(C(=O)O)[C@@H]4C3)c(F)c2)C(=O)O1)C(F)F. The van der Waals surface area contributed by atoms with Gasteiger partial charge in [0.15, 0.2) is 11.6 Å². The van der Waals surface area contributed by atoms with Crippen LogP contribution in [-0.2, 0) is 14.3 Å². The Labute approximate surface area is 167 Å². The molecule has 1 aliphatic carbocycles. The maximum atomic E-state index is 14.7. The van der Waals surface area contributed by atoms with E-state index in [1.807, 2.05) is 5.32 Å². The fourth-order valence-corrected chi connectivity index (χ4v) is 4.22. The lowest BCUT2D eigenvalue weighted by atomic mass is 10.2. The summed E-state index contributed by atoms with van der Waals surface area (Å²) in [5.41, 5.74) is -0.405. The van der Waals surface area contributed by atoms with Gasteiger partial charge in [-0.3, -0.25) is 14.5 Å². The summed E-state index contributed by atoms with van der Waals surface area (Å²) in [6.07, 6.45) is -5.09. The molecule has 3 fully saturated rings. The molecule has 0 aromatic heterocycles. The molecule has 0 bridgehead atoms. The van der Waals surface area contributed by atoms with Crippen LogP contribution in [0.1, 0.15) is 0 Å². The minimum absolute atomic E-state index is 0.116. The lowest BCUT2D eigenvalue weighted by Gasteiger charge is -2.24. The summed E-state index contributed by atoms with van der Waals surface area (Å²) in [7, 11) is 0. The molecule has 0 spiro atoms. The first-order chi connectivity index (χ1) is 14.2. The van der Waals surface area contributed by atoms with Gasteiger partial charge in [0.1, 0.15) is 11.8 Å². The van der Waals surface area contributed by atoms with Crippen LogP contribution >= 0.6 is 0 Å². The van der Waals surface area contributed by atoms with Gasteiger partial charge in [-0.1, -0.05) is 0 Å². The Balaban J connectivity index is 1.43. The van der Waals surface area contributed by atoms with Crippen molar-refractivity contribution in [1.82, 2.24) is 5.32 Å². The van der Waals surface area contributed by atoms with Crippen molar-refractivity contribution in [3.8, 4) is 0 Å². The minimum atomic E-state index is -3.21. The second kappa shape index (κ2) is 7.33. The van der Waals surface area contributed by atoms with Crippen LogP contribution in [-0.4, -0.2) is 61.8 Å². The third-order valence-corrected chi connectivity index (χ3v) is 5.68. The van der Waals surface area contributed by atoms with E-state index in [0.29, 0.717) is 0 Å². The van der Waals surface area contributed by atoms with E-state index < -0.39 is 48.1 Å². The van der Waals surface area contributed by atoms with Gasteiger partial charge >= 0.3 is 18.5 Å². The van der Waals surface area contributed by atoms with Crippen molar-refractivity contribution in [3.05, 3.63) is 23.8 Å². The molecule has 4 rings (SSSR count). The number of piperidine rings is 1. The van der Waals surface area contributed by atoms with Crippen LogP contribution in [0.15, 0.2) is 12.1 Å². The maximum absolute atomic E-state index is 14.7. The van der Waals surface area contributed by atoms with Gasteiger partial charge in [0, 0.05) is 25.2 Å². The van der Waals surface area contributed by atoms with Crippen molar-refractivity contribution in [2.45, 2.75) is 12.5 Å². The van der Waals surface area contributed by atoms with Gasteiger partial charge in [-0.2, -0.15) is 8.78 Å². The van der Waals surface area contributed by atoms with Gasteiger partial charge in [0.2, 0.25) is 0 Å². The summed E-state index contributed by atoms with van der Waals surface area (Å²) in [6, 6.07) is 1.91. The smallest absolute Gasteiger partial charge is 0.414 e. The maximum Gasteiger partial charge on any atom is 0.414 e. The summed E-state index contributed by atoms with van der Waals surface area (Å²) < 4.78 is 58.7.